The van der Waals surface area contributed by atoms with Crippen LogP contribution < -0.4 is 5.73 Å². The first-order chi connectivity index (χ1) is 7.86. The minimum Gasteiger partial charge on any atom is -0.327 e. The molecule has 1 aliphatic heterocycles. The summed E-state index contributed by atoms with van der Waals surface area (Å²) in [5.74, 6) is 3.38. The van der Waals surface area contributed by atoms with E-state index in [1.54, 1.807) is 0 Å². The molecule has 0 aromatic heterocycles. The van der Waals surface area contributed by atoms with Gasteiger partial charge in [-0.1, -0.05) is 30.3 Å². The van der Waals surface area contributed by atoms with E-state index < -0.39 is 0 Å². The summed E-state index contributed by atoms with van der Waals surface area (Å²) in [5, 5.41) is 0. The van der Waals surface area contributed by atoms with Crippen LogP contribution in [0.15, 0.2) is 30.3 Å². The highest BCUT2D eigenvalue weighted by atomic mass is 32.2. The van der Waals surface area contributed by atoms with E-state index in [1.807, 2.05) is 0 Å². The van der Waals surface area contributed by atoms with Crippen LogP contribution in [-0.4, -0.2) is 17.5 Å². The largest absolute Gasteiger partial charge is 0.327 e. The van der Waals surface area contributed by atoms with Gasteiger partial charge in [-0.3, -0.25) is 0 Å². The molecule has 0 aliphatic carbocycles. The van der Waals surface area contributed by atoms with Gasteiger partial charge in [-0.25, -0.2) is 0 Å². The van der Waals surface area contributed by atoms with Crippen LogP contribution in [0.3, 0.4) is 0 Å². The van der Waals surface area contributed by atoms with E-state index in [4.69, 9.17) is 5.73 Å². The Hall–Kier alpha value is -0.470. The fourth-order valence-electron chi connectivity index (χ4n) is 2.31. The van der Waals surface area contributed by atoms with Gasteiger partial charge in [0.2, 0.25) is 0 Å². The molecular formula is C14H21NS. The van der Waals surface area contributed by atoms with Gasteiger partial charge in [0.25, 0.3) is 0 Å². The van der Waals surface area contributed by atoms with Gasteiger partial charge in [0.15, 0.2) is 0 Å². The van der Waals surface area contributed by atoms with Gasteiger partial charge in [-0.15, -0.1) is 0 Å². The molecular weight excluding hydrogens is 214 g/mol. The molecule has 1 saturated heterocycles. The lowest BCUT2D eigenvalue weighted by molar-refractivity contribution is 0.430. The lowest BCUT2D eigenvalue weighted by atomic mass is 9.94. The third-order valence-electron chi connectivity index (χ3n) is 3.42. The fraction of sp³-hybridized carbons (Fsp3) is 0.571. The lowest BCUT2D eigenvalue weighted by Gasteiger charge is -2.17. The molecule has 1 heterocycles. The Balaban J connectivity index is 1.67. The smallest absolute Gasteiger partial charge is 0.00754 e. The van der Waals surface area contributed by atoms with Crippen molar-refractivity contribution >= 4 is 11.8 Å². The molecule has 16 heavy (non-hydrogen) atoms. The van der Waals surface area contributed by atoms with Crippen LogP contribution >= 0.6 is 11.8 Å². The number of nitrogens with two attached hydrogens (primary N) is 1. The summed E-state index contributed by atoms with van der Waals surface area (Å²) in [4.78, 5) is 0. The Morgan fingerprint density at radius 2 is 2.12 bits per heavy atom. The van der Waals surface area contributed by atoms with Crippen LogP contribution in [0.5, 0.6) is 0 Å². The van der Waals surface area contributed by atoms with E-state index in [0.29, 0.717) is 6.04 Å². The normalized spacial score (nSPS) is 22.2. The average Bonchev–Trinajstić information content (AvgIpc) is 2.84. The first-order valence-corrected chi connectivity index (χ1v) is 7.39. The molecule has 88 valence electrons. The molecule has 2 N–H and O–H groups in total. The number of thioether (sulfide) groups is 1. The highest BCUT2D eigenvalue weighted by Gasteiger charge is 2.21. The summed E-state index contributed by atoms with van der Waals surface area (Å²) in [6, 6.07) is 11.1. The zero-order valence-electron chi connectivity index (χ0n) is 9.77. The molecule has 2 rings (SSSR count). The Morgan fingerprint density at radius 3 is 2.81 bits per heavy atom. The van der Waals surface area contributed by atoms with Gasteiger partial charge in [0, 0.05) is 6.04 Å². The monoisotopic (exact) mass is 235 g/mol. The molecule has 1 fully saturated rings. The van der Waals surface area contributed by atoms with Crippen LogP contribution in [0.2, 0.25) is 0 Å². The van der Waals surface area contributed by atoms with Gasteiger partial charge in [-0.05, 0) is 48.7 Å². The van der Waals surface area contributed by atoms with Crippen molar-refractivity contribution in [2.24, 2.45) is 11.7 Å². The zero-order valence-corrected chi connectivity index (χ0v) is 10.6. The summed E-state index contributed by atoms with van der Waals surface area (Å²) in [6.45, 7) is 0. The second-order valence-electron chi connectivity index (χ2n) is 4.67. The quantitative estimate of drug-likeness (QED) is 0.848. The lowest BCUT2D eigenvalue weighted by Crippen LogP contribution is -2.30. The van der Waals surface area contributed by atoms with Gasteiger partial charge >= 0.3 is 0 Å². The molecule has 0 radical (unpaired) electrons. The maximum atomic E-state index is 6.23. The molecule has 1 aromatic carbocycles. The Morgan fingerprint density at radius 1 is 1.31 bits per heavy atom. The fourth-order valence-corrected chi connectivity index (χ4v) is 3.67. The summed E-state index contributed by atoms with van der Waals surface area (Å²) < 4.78 is 0. The molecule has 0 bridgehead atoms. The van der Waals surface area contributed by atoms with Crippen LogP contribution in [0.25, 0.3) is 0 Å². The van der Waals surface area contributed by atoms with Crippen molar-refractivity contribution in [3.63, 3.8) is 0 Å². The molecule has 0 saturated carbocycles. The van der Waals surface area contributed by atoms with E-state index in [2.05, 4.69) is 42.1 Å². The Kier molecular flexibility index (Phi) is 4.73. The molecule has 2 atom stereocenters. The maximum absolute atomic E-state index is 6.23. The Bertz CT molecular complexity index is 293. The van der Waals surface area contributed by atoms with E-state index >= 15 is 0 Å². The summed E-state index contributed by atoms with van der Waals surface area (Å²) >= 11 is 2.06. The third-order valence-corrected chi connectivity index (χ3v) is 4.60. The van der Waals surface area contributed by atoms with Gasteiger partial charge < -0.3 is 5.73 Å². The summed E-state index contributed by atoms with van der Waals surface area (Å²) in [5.41, 5.74) is 7.67. The van der Waals surface area contributed by atoms with Crippen LogP contribution in [0.4, 0.5) is 0 Å². The molecule has 0 spiro atoms. The minimum absolute atomic E-state index is 0.429. The van der Waals surface area contributed by atoms with Crippen molar-refractivity contribution in [3.8, 4) is 0 Å². The van der Waals surface area contributed by atoms with Crippen molar-refractivity contribution in [1.29, 1.82) is 0 Å². The zero-order chi connectivity index (χ0) is 11.2. The van der Waals surface area contributed by atoms with Gasteiger partial charge in [0.1, 0.15) is 0 Å². The topological polar surface area (TPSA) is 26.0 Å². The highest BCUT2D eigenvalue weighted by Crippen LogP contribution is 2.27. The van der Waals surface area contributed by atoms with E-state index in [1.165, 1.54) is 42.8 Å². The average molecular weight is 235 g/mol. The molecule has 2 heteroatoms. The number of hydrogen-bond acceptors (Lipinski definition) is 2. The predicted molar refractivity (Wildman–Crippen MR) is 72.8 cm³/mol. The van der Waals surface area contributed by atoms with Crippen molar-refractivity contribution in [2.45, 2.75) is 31.7 Å². The second kappa shape index (κ2) is 6.31. The molecule has 0 amide bonds. The third kappa shape index (κ3) is 3.53. The SMILES string of the molecule is NC(CCCc1ccccc1)C1CCSC1. The Labute approximate surface area is 103 Å². The standard InChI is InChI=1S/C14H21NS/c15-14(13-9-10-16-11-13)8-4-7-12-5-2-1-3-6-12/h1-3,5-6,13-14H,4,7-11,15H2. The van der Waals surface area contributed by atoms with Crippen LogP contribution in [0, 0.1) is 5.92 Å². The second-order valence-corrected chi connectivity index (χ2v) is 5.82. The van der Waals surface area contributed by atoms with E-state index in [9.17, 15) is 0 Å². The van der Waals surface area contributed by atoms with Crippen molar-refractivity contribution in [2.75, 3.05) is 11.5 Å². The van der Waals surface area contributed by atoms with Crippen molar-refractivity contribution in [3.05, 3.63) is 35.9 Å². The molecule has 2 unspecified atom stereocenters. The predicted octanol–water partition coefficient (Wildman–Crippen LogP) is 3.09. The first-order valence-electron chi connectivity index (χ1n) is 6.23. The van der Waals surface area contributed by atoms with Crippen LogP contribution in [0.1, 0.15) is 24.8 Å². The number of benzene rings is 1. The highest BCUT2D eigenvalue weighted by molar-refractivity contribution is 7.99. The van der Waals surface area contributed by atoms with E-state index in [0.717, 1.165) is 5.92 Å². The van der Waals surface area contributed by atoms with Crippen molar-refractivity contribution < 1.29 is 0 Å². The minimum atomic E-state index is 0.429. The summed E-state index contributed by atoms with van der Waals surface area (Å²) in [6.07, 6.45) is 4.91. The van der Waals surface area contributed by atoms with E-state index in [-0.39, 0.29) is 0 Å². The number of hydrogen-bond donors (Lipinski definition) is 1. The van der Waals surface area contributed by atoms with Gasteiger partial charge in [-0.2, -0.15) is 11.8 Å². The first kappa shape index (κ1) is 12.0. The number of aryl methyl sites for hydroxylation is 1. The van der Waals surface area contributed by atoms with Gasteiger partial charge in [0.05, 0.1) is 0 Å². The maximum Gasteiger partial charge on any atom is 0.00754 e. The van der Waals surface area contributed by atoms with Crippen LogP contribution in [-0.2, 0) is 6.42 Å². The van der Waals surface area contributed by atoms with Crippen molar-refractivity contribution in [1.82, 2.24) is 0 Å². The molecule has 1 nitrogen and oxygen atoms in total. The molecule has 1 aromatic rings. The molecule has 1 aliphatic rings. The number of rotatable bonds is 5. The summed E-state index contributed by atoms with van der Waals surface area (Å²) in [7, 11) is 0.